The lowest BCUT2D eigenvalue weighted by Crippen LogP contribution is -2.46. The number of benzene rings is 2. The zero-order valence-electron chi connectivity index (χ0n) is 16.0. The van der Waals surface area contributed by atoms with Crippen molar-refractivity contribution in [1.82, 2.24) is 4.90 Å². The summed E-state index contributed by atoms with van der Waals surface area (Å²) in [7, 11) is 0. The second kappa shape index (κ2) is 8.76. The van der Waals surface area contributed by atoms with Crippen LogP contribution in [0.3, 0.4) is 0 Å². The van der Waals surface area contributed by atoms with Gasteiger partial charge in [-0.1, -0.05) is 29.8 Å². The van der Waals surface area contributed by atoms with E-state index in [2.05, 4.69) is 58.0 Å². The number of halogens is 1. The molecule has 1 fully saturated rings. The molecule has 5 heteroatoms. The molecular formula is C22H28ClN3S. The van der Waals surface area contributed by atoms with Crippen LogP contribution in [0.25, 0.3) is 0 Å². The molecule has 0 N–H and O–H groups in total. The average Bonchev–Trinajstić information content (AvgIpc) is 3.11. The molecule has 4 rings (SSSR count). The van der Waals surface area contributed by atoms with E-state index >= 15 is 0 Å². The van der Waals surface area contributed by atoms with E-state index in [1.807, 2.05) is 17.8 Å². The summed E-state index contributed by atoms with van der Waals surface area (Å²) in [4.78, 5) is 9.06. The highest BCUT2D eigenvalue weighted by Crippen LogP contribution is 2.37. The maximum Gasteiger partial charge on any atom is 0.0686 e. The number of para-hydroxylation sites is 1. The van der Waals surface area contributed by atoms with Crippen molar-refractivity contribution >= 4 is 34.7 Å². The summed E-state index contributed by atoms with van der Waals surface area (Å²) < 4.78 is 0. The van der Waals surface area contributed by atoms with Gasteiger partial charge in [0.15, 0.2) is 0 Å². The second-order valence-corrected chi connectivity index (χ2v) is 8.89. The minimum atomic E-state index is 0.833. The van der Waals surface area contributed by atoms with Gasteiger partial charge in [-0.15, -0.1) is 11.8 Å². The SMILES string of the molecule is Cc1ccc(Cl)cc1N1CCN(CCCCN2CSc3ccccc32)CC1. The van der Waals surface area contributed by atoms with Gasteiger partial charge in [-0.2, -0.15) is 0 Å². The number of aryl methyl sites for hydroxylation is 1. The summed E-state index contributed by atoms with van der Waals surface area (Å²) in [5.41, 5.74) is 4.04. The summed E-state index contributed by atoms with van der Waals surface area (Å²) in [5, 5.41) is 0.833. The molecule has 0 atom stereocenters. The standard InChI is InChI=1S/C22H28ClN3S/c1-18-8-9-19(23)16-21(18)25-14-12-24(13-15-25)10-4-5-11-26-17-27-22-7-3-2-6-20(22)26/h2-3,6-9,16H,4-5,10-15,17H2,1H3. The Kier molecular flexibility index (Phi) is 6.16. The summed E-state index contributed by atoms with van der Waals surface area (Å²) in [6, 6.07) is 15.0. The van der Waals surface area contributed by atoms with Gasteiger partial charge in [0, 0.05) is 48.3 Å². The van der Waals surface area contributed by atoms with Gasteiger partial charge in [-0.3, -0.25) is 4.90 Å². The van der Waals surface area contributed by atoms with E-state index in [0.717, 1.165) is 37.1 Å². The zero-order chi connectivity index (χ0) is 18.6. The first-order valence-electron chi connectivity index (χ1n) is 9.91. The average molecular weight is 402 g/mol. The molecule has 2 aliphatic rings. The summed E-state index contributed by atoms with van der Waals surface area (Å²) in [5.74, 6) is 1.11. The fourth-order valence-corrected chi connectivity index (χ4v) is 5.27. The minimum absolute atomic E-state index is 0.833. The van der Waals surface area contributed by atoms with Gasteiger partial charge < -0.3 is 9.80 Å². The molecule has 2 aromatic carbocycles. The van der Waals surface area contributed by atoms with Gasteiger partial charge in [0.25, 0.3) is 0 Å². The van der Waals surface area contributed by atoms with Crippen LogP contribution in [0.5, 0.6) is 0 Å². The predicted molar refractivity (Wildman–Crippen MR) is 119 cm³/mol. The number of nitrogens with zero attached hydrogens (tertiary/aromatic N) is 3. The molecular weight excluding hydrogens is 374 g/mol. The van der Waals surface area contributed by atoms with E-state index < -0.39 is 0 Å². The van der Waals surface area contributed by atoms with Crippen molar-refractivity contribution in [3.05, 3.63) is 53.1 Å². The van der Waals surface area contributed by atoms with Crippen molar-refractivity contribution in [2.45, 2.75) is 24.7 Å². The number of fused-ring (bicyclic) bond motifs is 1. The van der Waals surface area contributed by atoms with Crippen molar-refractivity contribution in [3.63, 3.8) is 0 Å². The fourth-order valence-electron chi connectivity index (χ4n) is 4.02. The summed E-state index contributed by atoms with van der Waals surface area (Å²) >= 11 is 8.15. The van der Waals surface area contributed by atoms with E-state index in [0.29, 0.717) is 0 Å². The van der Waals surface area contributed by atoms with Crippen molar-refractivity contribution < 1.29 is 0 Å². The second-order valence-electron chi connectivity index (χ2n) is 7.47. The largest absolute Gasteiger partial charge is 0.369 e. The molecule has 144 valence electrons. The molecule has 2 aromatic rings. The normalized spacial score (nSPS) is 17.4. The molecule has 0 aliphatic carbocycles. The van der Waals surface area contributed by atoms with E-state index in [1.54, 1.807) is 0 Å². The van der Waals surface area contributed by atoms with Crippen LogP contribution in [0.15, 0.2) is 47.4 Å². The van der Waals surface area contributed by atoms with Crippen molar-refractivity contribution in [3.8, 4) is 0 Å². The first kappa shape index (κ1) is 19.0. The Hall–Kier alpha value is -1.36. The Morgan fingerprint density at radius 1 is 0.926 bits per heavy atom. The molecule has 0 amide bonds. The van der Waals surface area contributed by atoms with Gasteiger partial charge in [0.05, 0.1) is 11.6 Å². The Bertz CT molecular complexity index is 774. The van der Waals surface area contributed by atoms with E-state index in [1.165, 1.54) is 47.8 Å². The van der Waals surface area contributed by atoms with Gasteiger partial charge in [0.2, 0.25) is 0 Å². The van der Waals surface area contributed by atoms with Crippen LogP contribution in [-0.2, 0) is 0 Å². The topological polar surface area (TPSA) is 9.72 Å². The maximum atomic E-state index is 6.19. The lowest BCUT2D eigenvalue weighted by molar-refractivity contribution is 0.253. The smallest absolute Gasteiger partial charge is 0.0686 e. The highest BCUT2D eigenvalue weighted by Gasteiger charge is 2.20. The molecule has 0 bridgehead atoms. The molecule has 2 aliphatic heterocycles. The zero-order valence-corrected chi connectivity index (χ0v) is 17.6. The molecule has 0 aromatic heterocycles. The number of hydrogen-bond donors (Lipinski definition) is 0. The Labute approximate surface area is 172 Å². The van der Waals surface area contributed by atoms with Gasteiger partial charge >= 0.3 is 0 Å². The van der Waals surface area contributed by atoms with Crippen LogP contribution in [0.2, 0.25) is 5.02 Å². The van der Waals surface area contributed by atoms with Crippen molar-refractivity contribution in [2.24, 2.45) is 0 Å². The number of unbranched alkanes of at least 4 members (excludes halogenated alkanes) is 1. The molecule has 0 unspecified atom stereocenters. The molecule has 3 nitrogen and oxygen atoms in total. The Morgan fingerprint density at radius 2 is 1.70 bits per heavy atom. The summed E-state index contributed by atoms with van der Waals surface area (Å²) in [6.45, 7) is 9.04. The Morgan fingerprint density at radius 3 is 2.56 bits per heavy atom. The quantitative estimate of drug-likeness (QED) is 0.621. The predicted octanol–water partition coefficient (Wildman–Crippen LogP) is 5.12. The van der Waals surface area contributed by atoms with Crippen LogP contribution in [0.1, 0.15) is 18.4 Å². The maximum absolute atomic E-state index is 6.19. The van der Waals surface area contributed by atoms with Crippen molar-refractivity contribution in [2.75, 3.05) is 54.9 Å². The Balaban J connectivity index is 1.19. The molecule has 0 spiro atoms. The molecule has 2 heterocycles. The van der Waals surface area contributed by atoms with E-state index in [-0.39, 0.29) is 0 Å². The van der Waals surface area contributed by atoms with Crippen LogP contribution in [-0.4, -0.2) is 50.0 Å². The lowest BCUT2D eigenvalue weighted by atomic mass is 10.1. The number of anilines is 2. The number of piperazine rings is 1. The first-order chi connectivity index (χ1) is 13.2. The number of thioether (sulfide) groups is 1. The molecule has 0 radical (unpaired) electrons. The fraction of sp³-hybridized carbons (Fsp3) is 0.455. The number of hydrogen-bond acceptors (Lipinski definition) is 4. The first-order valence-corrected chi connectivity index (χ1v) is 11.3. The van der Waals surface area contributed by atoms with Gasteiger partial charge in [0.1, 0.15) is 0 Å². The van der Waals surface area contributed by atoms with Crippen LogP contribution in [0.4, 0.5) is 11.4 Å². The molecule has 0 saturated carbocycles. The highest BCUT2D eigenvalue weighted by atomic mass is 35.5. The summed E-state index contributed by atoms with van der Waals surface area (Å²) in [6.07, 6.45) is 2.54. The van der Waals surface area contributed by atoms with Gasteiger partial charge in [-0.25, -0.2) is 0 Å². The minimum Gasteiger partial charge on any atom is -0.369 e. The van der Waals surface area contributed by atoms with Gasteiger partial charge in [-0.05, 0) is 56.1 Å². The third-order valence-electron chi connectivity index (χ3n) is 5.62. The lowest BCUT2D eigenvalue weighted by Gasteiger charge is -2.37. The van der Waals surface area contributed by atoms with E-state index in [4.69, 9.17) is 11.6 Å². The third kappa shape index (κ3) is 4.56. The van der Waals surface area contributed by atoms with Crippen LogP contribution < -0.4 is 9.80 Å². The van der Waals surface area contributed by atoms with E-state index in [9.17, 15) is 0 Å². The third-order valence-corrected chi connectivity index (χ3v) is 6.95. The van der Waals surface area contributed by atoms with Crippen LogP contribution in [0, 0.1) is 6.92 Å². The molecule has 27 heavy (non-hydrogen) atoms. The highest BCUT2D eigenvalue weighted by molar-refractivity contribution is 7.99. The number of rotatable bonds is 6. The van der Waals surface area contributed by atoms with Crippen molar-refractivity contribution in [1.29, 1.82) is 0 Å². The monoisotopic (exact) mass is 401 g/mol. The molecule has 1 saturated heterocycles. The van der Waals surface area contributed by atoms with Crippen LogP contribution >= 0.6 is 23.4 Å².